The number of nitrogen functional groups attached to an aromatic ring is 1. The van der Waals surface area contributed by atoms with E-state index in [-0.39, 0.29) is 10.6 Å². The minimum atomic E-state index is -3.77. The first-order chi connectivity index (χ1) is 7.46. The van der Waals surface area contributed by atoms with Crippen molar-refractivity contribution in [1.82, 2.24) is 0 Å². The van der Waals surface area contributed by atoms with Gasteiger partial charge in [-0.15, -0.1) is 6.58 Å². The Morgan fingerprint density at radius 1 is 1.44 bits per heavy atom. The van der Waals surface area contributed by atoms with Crippen LogP contribution >= 0.6 is 0 Å². The molecule has 6 heteroatoms. The van der Waals surface area contributed by atoms with Crippen LogP contribution in [0, 0.1) is 0 Å². The van der Waals surface area contributed by atoms with Gasteiger partial charge in [-0.05, 0) is 18.6 Å². The molecule has 0 aliphatic rings. The molecule has 0 saturated heterocycles. The highest BCUT2D eigenvalue weighted by Gasteiger charge is 2.14. The lowest BCUT2D eigenvalue weighted by atomic mass is 10.2. The lowest BCUT2D eigenvalue weighted by molar-refractivity contribution is 0.598. The molecule has 88 valence electrons. The molecule has 0 heterocycles. The summed E-state index contributed by atoms with van der Waals surface area (Å²) in [5, 5.41) is 8.04. The molecule has 5 nitrogen and oxygen atoms in total. The fraction of sp³-hybridized carbons (Fsp3) is 0.200. The number of hydrogen-bond acceptors (Lipinski definition) is 4. The molecule has 0 fully saturated rings. The predicted molar refractivity (Wildman–Crippen MR) is 65.5 cm³/mol. The highest BCUT2D eigenvalue weighted by Crippen LogP contribution is 2.25. The van der Waals surface area contributed by atoms with Crippen molar-refractivity contribution in [3.05, 3.63) is 30.9 Å². The summed E-state index contributed by atoms with van der Waals surface area (Å²) in [4.78, 5) is -0.0592. The summed E-state index contributed by atoms with van der Waals surface area (Å²) >= 11 is 0. The summed E-state index contributed by atoms with van der Waals surface area (Å²) in [5.41, 5.74) is 6.41. The molecule has 5 N–H and O–H groups in total. The van der Waals surface area contributed by atoms with Gasteiger partial charge in [-0.3, -0.25) is 0 Å². The van der Waals surface area contributed by atoms with E-state index in [0.29, 0.717) is 12.2 Å². The standard InChI is InChI=1S/C10H15N3O2S/c1-2-3-7-13-8-5-4-6-9(10(8)11)16(12,14)15/h2,4-6,13H,1,3,7,11H2,(H2,12,14,15). The zero-order valence-electron chi connectivity index (χ0n) is 8.81. The van der Waals surface area contributed by atoms with E-state index >= 15 is 0 Å². The summed E-state index contributed by atoms with van der Waals surface area (Å²) in [6.07, 6.45) is 2.52. The lowest BCUT2D eigenvalue weighted by Crippen LogP contribution is -2.15. The molecule has 0 saturated carbocycles. The largest absolute Gasteiger partial charge is 0.396 e. The molecule has 0 unspecified atom stereocenters. The van der Waals surface area contributed by atoms with Gasteiger partial charge in [-0.1, -0.05) is 12.1 Å². The Balaban J connectivity index is 3.00. The molecule has 0 aromatic heterocycles. The molecule has 0 atom stereocenters. The Morgan fingerprint density at radius 2 is 2.12 bits per heavy atom. The van der Waals surface area contributed by atoms with Crippen molar-refractivity contribution in [2.24, 2.45) is 5.14 Å². The fourth-order valence-electron chi connectivity index (χ4n) is 1.26. The smallest absolute Gasteiger partial charge is 0.240 e. The maximum absolute atomic E-state index is 11.2. The third-order valence-corrected chi connectivity index (χ3v) is 3.01. The highest BCUT2D eigenvalue weighted by atomic mass is 32.2. The topological polar surface area (TPSA) is 98.2 Å². The second-order valence-corrected chi connectivity index (χ2v) is 4.80. The van der Waals surface area contributed by atoms with Gasteiger partial charge in [0, 0.05) is 6.54 Å². The molecule has 0 spiro atoms. The monoisotopic (exact) mass is 241 g/mol. The maximum Gasteiger partial charge on any atom is 0.240 e. The Bertz CT molecular complexity index is 483. The third kappa shape index (κ3) is 2.98. The van der Waals surface area contributed by atoms with E-state index in [1.807, 2.05) is 0 Å². The van der Waals surface area contributed by atoms with Crippen LogP contribution < -0.4 is 16.2 Å². The van der Waals surface area contributed by atoms with Crippen LogP contribution in [0.5, 0.6) is 0 Å². The second kappa shape index (κ2) is 5.00. The van der Waals surface area contributed by atoms with Crippen molar-refractivity contribution in [2.45, 2.75) is 11.3 Å². The van der Waals surface area contributed by atoms with E-state index in [9.17, 15) is 8.42 Å². The quantitative estimate of drug-likeness (QED) is 0.405. The predicted octanol–water partition coefficient (Wildman–Crippen LogP) is 0.904. The molecule has 0 aliphatic heterocycles. The molecule has 1 aromatic carbocycles. The molecule has 0 amide bonds. The maximum atomic E-state index is 11.2. The average molecular weight is 241 g/mol. The van der Waals surface area contributed by atoms with Gasteiger partial charge in [0.05, 0.1) is 11.4 Å². The molecule has 1 rings (SSSR count). The van der Waals surface area contributed by atoms with Crippen molar-refractivity contribution < 1.29 is 8.42 Å². The zero-order chi connectivity index (χ0) is 12.2. The van der Waals surface area contributed by atoms with Crippen LogP contribution in [0.15, 0.2) is 35.7 Å². The van der Waals surface area contributed by atoms with Gasteiger partial charge < -0.3 is 11.1 Å². The Kier molecular flexibility index (Phi) is 3.92. The van der Waals surface area contributed by atoms with Crippen molar-refractivity contribution in [1.29, 1.82) is 0 Å². The number of primary sulfonamides is 1. The van der Waals surface area contributed by atoms with Gasteiger partial charge in [-0.25, -0.2) is 13.6 Å². The molecule has 0 bridgehead atoms. The van der Waals surface area contributed by atoms with Crippen LogP contribution in [0.1, 0.15) is 6.42 Å². The SMILES string of the molecule is C=CCCNc1cccc(S(N)(=O)=O)c1N. The van der Waals surface area contributed by atoms with Crippen LogP contribution in [0.2, 0.25) is 0 Å². The number of hydrogen-bond donors (Lipinski definition) is 3. The van der Waals surface area contributed by atoms with Crippen molar-refractivity contribution in [3.8, 4) is 0 Å². The average Bonchev–Trinajstić information content (AvgIpc) is 2.19. The minimum Gasteiger partial charge on any atom is -0.396 e. The molecular weight excluding hydrogens is 226 g/mol. The zero-order valence-corrected chi connectivity index (χ0v) is 9.63. The van der Waals surface area contributed by atoms with Crippen LogP contribution in [-0.2, 0) is 10.0 Å². The van der Waals surface area contributed by atoms with Crippen molar-refractivity contribution in [2.75, 3.05) is 17.6 Å². The van der Waals surface area contributed by atoms with Crippen LogP contribution in [-0.4, -0.2) is 15.0 Å². The fourth-order valence-corrected chi connectivity index (χ4v) is 1.94. The molecule has 16 heavy (non-hydrogen) atoms. The summed E-state index contributed by atoms with van der Waals surface area (Å²) in [7, 11) is -3.77. The normalized spacial score (nSPS) is 11.1. The van der Waals surface area contributed by atoms with Gasteiger partial charge in [0.2, 0.25) is 10.0 Å². The number of para-hydroxylation sites is 1. The lowest BCUT2D eigenvalue weighted by Gasteiger charge is -2.10. The number of anilines is 2. The highest BCUT2D eigenvalue weighted by molar-refractivity contribution is 7.89. The first kappa shape index (κ1) is 12.5. The van der Waals surface area contributed by atoms with E-state index < -0.39 is 10.0 Å². The Labute approximate surface area is 95.2 Å². The summed E-state index contributed by atoms with van der Waals surface area (Å²) < 4.78 is 22.4. The number of sulfonamides is 1. The number of benzene rings is 1. The second-order valence-electron chi connectivity index (χ2n) is 3.27. The summed E-state index contributed by atoms with van der Waals surface area (Å²) in [5.74, 6) is 0. The molecule has 0 radical (unpaired) electrons. The number of rotatable bonds is 5. The molecular formula is C10H15N3O2S. The van der Waals surface area contributed by atoms with E-state index in [1.165, 1.54) is 6.07 Å². The number of nitrogens with one attached hydrogen (secondary N) is 1. The van der Waals surface area contributed by atoms with Gasteiger partial charge in [0.25, 0.3) is 0 Å². The van der Waals surface area contributed by atoms with E-state index in [1.54, 1.807) is 18.2 Å². The first-order valence-corrected chi connectivity index (χ1v) is 6.27. The minimum absolute atomic E-state index is 0.0592. The van der Waals surface area contributed by atoms with Gasteiger partial charge >= 0.3 is 0 Å². The van der Waals surface area contributed by atoms with E-state index in [4.69, 9.17) is 10.9 Å². The Morgan fingerprint density at radius 3 is 2.69 bits per heavy atom. The summed E-state index contributed by atoms with van der Waals surface area (Å²) in [6.45, 7) is 4.22. The number of nitrogens with two attached hydrogens (primary N) is 2. The van der Waals surface area contributed by atoms with E-state index in [2.05, 4.69) is 11.9 Å². The molecule has 0 aliphatic carbocycles. The Hall–Kier alpha value is -1.53. The van der Waals surface area contributed by atoms with Crippen molar-refractivity contribution >= 4 is 21.4 Å². The first-order valence-electron chi connectivity index (χ1n) is 4.73. The van der Waals surface area contributed by atoms with Gasteiger partial charge in [0.15, 0.2) is 0 Å². The molecule has 1 aromatic rings. The third-order valence-electron chi connectivity index (χ3n) is 2.04. The van der Waals surface area contributed by atoms with Crippen LogP contribution in [0.3, 0.4) is 0 Å². The van der Waals surface area contributed by atoms with Crippen molar-refractivity contribution in [3.63, 3.8) is 0 Å². The van der Waals surface area contributed by atoms with Gasteiger partial charge in [-0.2, -0.15) is 0 Å². The van der Waals surface area contributed by atoms with E-state index in [0.717, 1.165) is 6.42 Å². The van der Waals surface area contributed by atoms with Crippen LogP contribution in [0.4, 0.5) is 11.4 Å². The summed E-state index contributed by atoms with van der Waals surface area (Å²) in [6, 6.07) is 4.67. The van der Waals surface area contributed by atoms with Gasteiger partial charge in [0.1, 0.15) is 4.90 Å². The van der Waals surface area contributed by atoms with Crippen LogP contribution in [0.25, 0.3) is 0 Å².